The van der Waals surface area contributed by atoms with Gasteiger partial charge in [-0.05, 0) is 68.6 Å². The maximum absolute atomic E-state index is 2.36. The summed E-state index contributed by atoms with van der Waals surface area (Å²) in [6, 6.07) is 0. The Bertz CT molecular complexity index is 138. The molecule has 0 atom stereocenters. The first-order chi connectivity index (χ1) is 7.40. The molecule has 5 aliphatic rings. The Kier molecular flexibility index (Phi) is 3.03. The van der Waals surface area contributed by atoms with Crippen molar-refractivity contribution in [2.75, 3.05) is 0 Å². The van der Waals surface area contributed by atoms with E-state index in [4.69, 9.17) is 0 Å². The van der Waals surface area contributed by atoms with Crippen molar-refractivity contribution in [2.45, 2.75) is 64.2 Å². The van der Waals surface area contributed by atoms with Gasteiger partial charge in [-0.25, -0.2) is 0 Å². The highest BCUT2D eigenvalue weighted by Gasteiger charge is 2.42. The molecule has 0 heterocycles. The van der Waals surface area contributed by atoms with Crippen LogP contribution in [0.4, 0.5) is 0 Å². The molecule has 0 aromatic rings. The van der Waals surface area contributed by atoms with Crippen molar-refractivity contribution in [3.05, 3.63) is 12.3 Å². The van der Waals surface area contributed by atoms with E-state index in [-0.39, 0.29) is 0 Å². The molecule has 4 bridgehead atoms. The van der Waals surface area contributed by atoms with Crippen molar-refractivity contribution in [1.29, 1.82) is 0 Å². The lowest BCUT2D eigenvalue weighted by molar-refractivity contribution is 0.0920. The second-order valence-electron chi connectivity index (χ2n) is 6.24. The Morgan fingerprint density at radius 3 is 1.47 bits per heavy atom. The third kappa shape index (κ3) is 2.40. The molecule has 5 fully saturated rings. The number of hydrogen-bond acceptors (Lipinski definition) is 0. The van der Waals surface area contributed by atoms with Crippen molar-refractivity contribution in [1.82, 2.24) is 0 Å². The smallest absolute Gasteiger partial charge is 0.0233 e. The molecule has 84 valence electrons. The van der Waals surface area contributed by atoms with Gasteiger partial charge in [0.25, 0.3) is 0 Å². The maximum atomic E-state index is 2.36. The molecule has 0 aromatic heterocycles. The van der Waals surface area contributed by atoms with Crippen LogP contribution in [0.3, 0.4) is 0 Å². The molecule has 5 saturated carbocycles. The van der Waals surface area contributed by atoms with Crippen LogP contribution in [0.25, 0.3) is 0 Å². The molecule has 0 aliphatic heterocycles. The van der Waals surface area contributed by atoms with E-state index in [1.807, 2.05) is 5.92 Å². The minimum Gasteiger partial charge on any atom is -0.0530 e. The largest absolute Gasteiger partial charge is 0.0530 e. The van der Waals surface area contributed by atoms with Gasteiger partial charge in [-0.15, -0.1) is 0 Å². The quantitative estimate of drug-likeness (QED) is 0.543. The Morgan fingerprint density at radius 1 is 0.733 bits per heavy atom. The van der Waals surface area contributed by atoms with Gasteiger partial charge >= 0.3 is 0 Å². The second kappa shape index (κ2) is 4.47. The third-order valence-corrected chi connectivity index (χ3v) is 4.80. The summed E-state index contributed by atoms with van der Waals surface area (Å²) in [4.78, 5) is 0. The zero-order valence-corrected chi connectivity index (χ0v) is 9.88. The van der Waals surface area contributed by atoms with Crippen molar-refractivity contribution < 1.29 is 0 Å². The molecule has 0 heteroatoms. The van der Waals surface area contributed by atoms with Gasteiger partial charge < -0.3 is 0 Å². The standard InChI is InChI=1S/C10H15.C5H9/c1-7-2-9-4-8(1)5-10(3-7)6-9;1-2-4-5-3-1/h7-9H,1-6H2;1H,2-5H2. The van der Waals surface area contributed by atoms with E-state index < -0.39 is 0 Å². The number of hydrogen-bond donors (Lipinski definition) is 0. The first-order valence-electron chi connectivity index (χ1n) is 7.05. The summed E-state index contributed by atoms with van der Waals surface area (Å²) in [5.41, 5.74) is 0. The van der Waals surface area contributed by atoms with Gasteiger partial charge in [0.2, 0.25) is 0 Å². The molecular formula is C15H24. The summed E-state index contributed by atoms with van der Waals surface area (Å²) in [5, 5.41) is 0. The molecule has 2 radical (unpaired) electrons. The first kappa shape index (κ1) is 10.2. The van der Waals surface area contributed by atoms with Crippen LogP contribution in [-0.4, -0.2) is 0 Å². The summed E-state index contributed by atoms with van der Waals surface area (Å²) >= 11 is 0. The molecule has 0 nitrogen and oxygen atoms in total. The fourth-order valence-corrected chi connectivity index (χ4v) is 4.40. The monoisotopic (exact) mass is 204 g/mol. The SMILES string of the molecule is C1[C]2CC3CC1CC(C2)C3.[CH]1CCCC1. The molecule has 0 saturated heterocycles. The van der Waals surface area contributed by atoms with E-state index >= 15 is 0 Å². The van der Waals surface area contributed by atoms with Crippen LogP contribution in [0.15, 0.2) is 0 Å². The van der Waals surface area contributed by atoms with E-state index in [0.29, 0.717) is 0 Å². The lowest BCUT2D eigenvalue weighted by Gasteiger charge is -2.49. The molecule has 0 amide bonds. The van der Waals surface area contributed by atoms with E-state index in [1.54, 1.807) is 19.3 Å². The summed E-state index contributed by atoms with van der Waals surface area (Å²) in [7, 11) is 0. The van der Waals surface area contributed by atoms with Gasteiger partial charge in [0.1, 0.15) is 0 Å². The average Bonchev–Trinajstić information content (AvgIpc) is 2.72. The van der Waals surface area contributed by atoms with Crippen molar-refractivity contribution in [3.63, 3.8) is 0 Å². The summed E-state index contributed by atoms with van der Waals surface area (Å²) < 4.78 is 0. The second-order valence-corrected chi connectivity index (χ2v) is 6.24. The van der Waals surface area contributed by atoms with Gasteiger partial charge in [0.15, 0.2) is 0 Å². The highest BCUT2D eigenvalue weighted by Crippen LogP contribution is 2.54. The van der Waals surface area contributed by atoms with Crippen LogP contribution in [0, 0.1) is 30.1 Å². The lowest BCUT2D eigenvalue weighted by Crippen LogP contribution is -2.37. The van der Waals surface area contributed by atoms with Crippen LogP contribution in [0.1, 0.15) is 64.2 Å². The van der Waals surface area contributed by atoms with Crippen LogP contribution in [-0.2, 0) is 0 Å². The molecule has 15 heavy (non-hydrogen) atoms. The summed E-state index contributed by atoms with van der Waals surface area (Å²) in [5.74, 6) is 5.35. The Labute approximate surface area is 94.8 Å². The minimum atomic E-state index is 1.14. The predicted molar refractivity (Wildman–Crippen MR) is 64.2 cm³/mol. The minimum absolute atomic E-state index is 1.14. The number of rotatable bonds is 0. The summed E-state index contributed by atoms with van der Waals surface area (Å²) in [6.07, 6.45) is 17.3. The van der Waals surface area contributed by atoms with Gasteiger partial charge in [0, 0.05) is 0 Å². The Hall–Kier alpha value is 0. The topological polar surface area (TPSA) is 0 Å². The van der Waals surface area contributed by atoms with Gasteiger partial charge in [-0.3, -0.25) is 0 Å². The highest BCUT2D eigenvalue weighted by molar-refractivity contribution is 5.08. The zero-order valence-electron chi connectivity index (χ0n) is 9.88. The predicted octanol–water partition coefficient (Wildman–Crippen LogP) is 4.56. The van der Waals surface area contributed by atoms with Gasteiger partial charge in [-0.2, -0.15) is 0 Å². The fourth-order valence-electron chi connectivity index (χ4n) is 4.40. The molecule has 0 spiro atoms. The van der Waals surface area contributed by atoms with Crippen LogP contribution in [0.5, 0.6) is 0 Å². The van der Waals surface area contributed by atoms with E-state index in [2.05, 4.69) is 6.42 Å². The molecule has 5 aliphatic carbocycles. The molecule has 0 unspecified atom stereocenters. The zero-order chi connectivity index (χ0) is 10.1. The van der Waals surface area contributed by atoms with Crippen molar-refractivity contribution in [2.24, 2.45) is 17.8 Å². The van der Waals surface area contributed by atoms with Crippen molar-refractivity contribution in [3.8, 4) is 0 Å². The molecule has 5 rings (SSSR count). The highest BCUT2D eigenvalue weighted by atomic mass is 14.5. The van der Waals surface area contributed by atoms with E-state index in [1.165, 1.54) is 44.9 Å². The lowest BCUT2D eigenvalue weighted by atomic mass is 9.56. The Balaban J connectivity index is 0.000000123. The van der Waals surface area contributed by atoms with E-state index in [9.17, 15) is 0 Å². The van der Waals surface area contributed by atoms with Gasteiger partial charge in [0.05, 0.1) is 0 Å². The van der Waals surface area contributed by atoms with E-state index in [0.717, 1.165) is 17.8 Å². The molecule has 0 aromatic carbocycles. The summed E-state index contributed by atoms with van der Waals surface area (Å²) in [6.45, 7) is 0. The van der Waals surface area contributed by atoms with Gasteiger partial charge in [-0.1, -0.05) is 25.7 Å². The van der Waals surface area contributed by atoms with Crippen LogP contribution < -0.4 is 0 Å². The molecule has 0 N–H and O–H groups in total. The van der Waals surface area contributed by atoms with Crippen LogP contribution in [0.2, 0.25) is 0 Å². The maximum Gasteiger partial charge on any atom is -0.0233 e. The van der Waals surface area contributed by atoms with Crippen molar-refractivity contribution >= 4 is 0 Å². The fraction of sp³-hybridized carbons (Fsp3) is 0.867. The average molecular weight is 204 g/mol. The Morgan fingerprint density at radius 2 is 1.20 bits per heavy atom. The third-order valence-electron chi connectivity index (χ3n) is 4.80. The molecular weight excluding hydrogens is 180 g/mol. The van der Waals surface area contributed by atoms with Crippen LogP contribution >= 0.6 is 0 Å². The normalized spacial score (nSPS) is 42.8. The first-order valence-corrected chi connectivity index (χ1v) is 7.05.